The number of amides is 1. The molecule has 2 N–H and O–H groups in total. The molecule has 0 bridgehead atoms. The number of hydrogen-bond donors (Lipinski definition) is 2. The monoisotopic (exact) mass is 261 g/mol. The van der Waals surface area contributed by atoms with Gasteiger partial charge in [-0.25, -0.2) is 4.79 Å². The zero-order valence-electron chi connectivity index (χ0n) is 10.8. The van der Waals surface area contributed by atoms with Crippen molar-refractivity contribution in [2.24, 2.45) is 0 Å². The number of Topliss-reactive ketones (excluding diaryl/α,β-unsaturated/α-hetero) is 1. The normalized spacial score (nSPS) is 10.6. The topological polar surface area (TPSA) is 86.0 Å². The summed E-state index contributed by atoms with van der Waals surface area (Å²) in [6, 6.07) is 5.56. The van der Waals surface area contributed by atoms with E-state index >= 15 is 0 Å². The van der Waals surface area contributed by atoms with Crippen molar-refractivity contribution in [1.82, 2.24) is 14.9 Å². The van der Waals surface area contributed by atoms with Gasteiger partial charge in [0.05, 0.1) is 11.0 Å². The Hall–Kier alpha value is -2.37. The van der Waals surface area contributed by atoms with Gasteiger partial charge in [-0.3, -0.25) is 9.59 Å². The number of ketones is 1. The van der Waals surface area contributed by atoms with Gasteiger partial charge in [-0.2, -0.15) is 0 Å². The maximum Gasteiger partial charge on any atom is 0.323 e. The van der Waals surface area contributed by atoms with Gasteiger partial charge in [0.2, 0.25) is 5.78 Å². The van der Waals surface area contributed by atoms with E-state index in [-0.39, 0.29) is 5.69 Å². The van der Waals surface area contributed by atoms with E-state index in [9.17, 15) is 14.4 Å². The second-order valence-corrected chi connectivity index (χ2v) is 4.49. The molecule has 0 saturated carbocycles. The molecule has 0 aliphatic carbocycles. The van der Waals surface area contributed by atoms with Crippen LogP contribution in [0, 0.1) is 0 Å². The predicted octanol–water partition coefficient (Wildman–Crippen LogP) is 0.446. The van der Waals surface area contributed by atoms with Crippen LogP contribution in [0.1, 0.15) is 12.5 Å². The van der Waals surface area contributed by atoms with E-state index in [0.717, 1.165) is 16.6 Å². The van der Waals surface area contributed by atoms with Gasteiger partial charge in [-0.1, -0.05) is 6.07 Å². The second-order valence-electron chi connectivity index (χ2n) is 4.49. The summed E-state index contributed by atoms with van der Waals surface area (Å²) in [6.45, 7) is 1.72. The van der Waals surface area contributed by atoms with Crippen molar-refractivity contribution in [3.05, 3.63) is 34.2 Å². The van der Waals surface area contributed by atoms with Gasteiger partial charge in [0, 0.05) is 20.5 Å². The number of hydrogen-bond acceptors (Lipinski definition) is 3. The fourth-order valence-corrected chi connectivity index (χ4v) is 1.90. The van der Waals surface area contributed by atoms with Gasteiger partial charge < -0.3 is 14.9 Å². The number of benzene rings is 1. The van der Waals surface area contributed by atoms with Crippen molar-refractivity contribution >= 4 is 22.7 Å². The van der Waals surface area contributed by atoms with Crippen LogP contribution >= 0.6 is 0 Å². The Kier molecular flexibility index (Phi) is 3.50. The van der Waals surface area contributed by atoms with E-state index in [4.69, 9.17) is 0 Å². The number of nitrogens with zero attached hydrogens (tertiary/aromatic N) is 1. The molecule has 0 unspecified atom stereocenters. The number of H-pyrrole nitrogens is 2. The first kappa shape index (κ1) is 13.1. The summed E-state index contributed by atoms with van der Waals surface area (Å²) in [6.07, 6.45) is 0.624. The molecular formula is C13H15N3O3. The molecule has 1 heterocycles. The lowest BCUT2D eigenvalue weighted by Gasteiger charge is -2.15. The molecule has 0 aliphatic heterocycles. The number of fused-ring (bicyclic) bond motifs is 1. The smallest absolute Gasteiger partial charge is 0.323 e. The predicted molar refractivity (Wildman–Crippen MR) is 70.9 cm³/mol. The Labute approximate surface area is 109 Å². The van der Waals surface area contributed by atoms with Crippen molar-refractivity contribution in [2.75, 3.05) is 13.6 Å². The Morgan fingerprint density at radius 2 is 1.89 bits per heavy atom. The first-order valence-electron chi connectivity index (χ1n) is 5.94. The molecule has 0 aliphatic rings. The summed E-state index contributed by atoms with van der Waals surface area (Å²) < 4.78 is 0. The van der Waals surface area contributed by atoms with Crippen LogP contribution in [0.5, 0.6) is 0 Å². The molecule has 19 heavy (non-hydrogen) atoms. The molecule has 0 atom stereocenters. The Morgan fingerprint density at radius 1 is 1.21 bits per heavy atom. The number of aromatic amines is 2. The van der Waals surface area contributed by atoms with Crippen molar-refractivity contribution in [1.29, 1.82) is 0 Å². The number of carbonyl (C=O) groups excluding carboxylic acids is 2. The van der Waals surface area contributed by atoms with Gasteiger partial charge in [0.25, 0.3) is 5.91 Å². The third kappa shape index (κ3) is 2.90. The quantitative estimate of drug-likeness (QED) is 0.783. The molecule has 6 heteroatoms. The Balaban J connectivity index is 2.07. The molecular weight excluding hydrogens is 246 g/mol. The third-order valence-corrected chi connectivity index (χ3v) is 2.96. The molecule has 1 aromatic carbocycles. The number of aromatic nitrogens is 2. The van der Waals surface area contributed by atoms with E-state index in [1.807, 2.05) is 18.2 Å². The molecule has 2 aromatic rings. The Bertz CT molecular complexity index is 684. The highest BCUT2D eigenvalue weighted by Crippen LogP contribution is 2.11. The van der Waals surface area contributed by atoms with Gasteiger partial charge in [-0.05, 0) is 24.1 Å². The number of rotatable bonds is 4. The lowest BCUT2D eigenvalue weighted by atomic mass is 10.1. The molecule has 1 amide bonds. The highest BCUT2D eigenvalue weighted by molar-refractivity contribution is 6.34. The van der Waals surface area contributed by atoms with E-state index in [1.54, 1.807) is 7.05 Å². The van der Waals surface area contributed by atoms with Crippen LogP contribution in [0.15, 0.2) is 23.0 Å². The minimum atomic E-state index is -0.490. The lowest BCUT2D eigenvalue weighted by molar-refractivity contribution is -0.142. The van der Waals surface area contributed by atoms with Crippen LogP contribution < -0.4 is 5.69 Å². The fourth-order valence-electron chi connectivity index (χ4n) is 1.90. The van der Waals surface area contributed by atoms with Gasteiger partial charge >= 0.3 is 5.69 Å². The standard InChI is InChI=1S/C13H15N3O3/c1-8(17)12(18)16(2)6-5-9-3-4-10-11(7-9)15-13(19)14-10/h3-4,7H,5-6H2,1-2H3,(H2,14,15,19). The number of imidazole rings is 1. The summed E-state index contributed by atoms with van der Waals surface area (Å²) in [4.78, 5) is 40.2. The summed E-state index contributed by atoms with van der Waals surface area (Å²) in [7, 11) is 1.60. The van der Waals surface area contributed by atoms with E-state index in [2.05, 4.69) is 9.97 Å². The van der Waals surface area contributed by atoms with Crippen molar-refractivity contribution in [3.8, 4) is 0 Å². The second kappa shape index (κ2) is 5.09. The van der Waals surface area contributed by atoms with Crippen LogP contribution in [-0.4, -0.2) is 40.2 Å². The minimum Gasteiger partial charge on any atom is -0.339 e. The first-order valence-corrected chi connectivity index (χ1v) is 5.94. The number of carbonyl (C=O) groups is 2. The molecule has 2 rings (SSSR count). The summed E-state index contributed by atoms with van der Waals surface area (Å²) in [5, 5.41) is 0. The van der Waals surface area contributed by atoms with Crippen molar-refractivity contribution in [2.45, 2.75) is 13.3 Å². The van der Waals surface area contributed by atoms with Crippen molar-refractivity contribution in [3.63, 3.8) is 0 Å². The molecule has 1 aromatic heterocycles. The maximum absolute atomic E-state index is 11.4. The van der Waals surface area contributed by atoms with Crippen LogP contribution in [-0.2, 0) is 16.0 Å². The van der Waals surface area contributed by atoms with Crippen LogP contribution in [0.2, 0.25) is 0 Å². The highest BCUT2D eigenvalue weighted by Gasteiger charge is 2.13. The molecule has 0 spiro atoms. The van der Waals surface area contributed by atoms with Crippen LogP contribution in [0.25, 0.3) is 11.0 Å². The SMILES string of the molecule is CC(=O)C(=O)N(C)CCc1ccc2[nH]c(=O)[nH]c2c1. The lowest BCUT2D eigenvalue weighted by Crippen LogP contribution is -2.33. The number of nitrogens with one attached hydrogen (secondary N) is 2. The fraction of sp³-hybridized carbons (Fsp3) is 0.308. The minimum absolute atomic E-state index is 0.240. The molecule has 0 saturated heterocycles. The van der Waals surface area contributed by atoms with Crippen LogP contribution in [0.4, 0.5) is 0 Å². The zero-order chi connectivity index (χ0) is 14.0. The zero-order valence-corrected chi connectivity index (χ0v) is 10.8. The third-order valence-electron chi connectivity index (χ3n) is 2.96. The molecule has 0 radical (unpaired) electrons. The van der Waals surface area contributed by atoms with Crippen LogP contribution in [0.3, 0.4) is 0 Å². The van der Waals surface area contributed by atoms with Gasteiger partial charge in [-0.15, -0.1) is 0 Å². The summed E-state index contributed by atoms with van der Waals surface area (Å²) in [5.74, 6) is -0.955. The largest absolute Gasteiger partial charge is 0.339 e. The molecule has 0 fully saturated rings. The highest BCUT2D eigenvalue weighted by atomic mass is 16.2. The van der Waals surface area contributed by atoms with E-state index in [1.165, 1.54) is 11.8 Å². The van der Waals surface area contributed by atoms with Gasteiger partial charge in [0.1, 0.15) is 0 Å². The average molecular weight is 261 g/mol. The van der Waals surface area contributed by atoms with E-state index in [0.29, 0.717) is 13.0 Å². The molecule has 6 nitrogen and oxygen atoms in total. The average Bonchev–Trinajstić information content (AvgIpc) is 2.74. The van der Waals surface area contributed by atoms with Gasteiger partial charge in [0.15, 0.2) is 0 Å². The summed E-state index contributed by atoms with van der Waals surface area (Å²) >= 11 is 0. The molecule has 100 valence electrons. The number of likely N-dealkylation sites (N-methyl/N-ethyl adjacent to an activating group) is 1. The first-order chi connectivity index (χ1) is 8.97. The Morgan fingerprint density at radius 3 is 2.58 bits per heavy atom. The van der Waals surface area contributed by atoms with E-state index < -0.39 is 11.7 Å². The van der Waals surface area contributed by atoms with Crippen molar-refractivity contribution < 1.29 is 9.59 Å². The summed E-state index contributed by atoms with van der Waals surface area (Å²) in [5.41, 5.74) is 2.24. The maximum atomic E-state index is 11.4.